The Hall–Kier alpha value is -2.63. The molecule has 2 rings (SSSR count). The van der Waals surface area contributed by atoms with Crippen molar-refractivity contribution >= 4 is 11.9 Å². The number of aryl methyl sites for hydroxylation is 1. The van der Waals surface area contributed by atoms with E-state index in [-0.39, 0.29) is 11.8 Å². The summed E-state index contributed by atoms with van der Waals surface area (Å²) < 4.78 is 1.77. The predicted octanol–water partition coefficient (Wildman–Crippen LogP) is 2.85. The van der Waals surface area contributed by atoms with Gasteiger partial charge in [-0.05, 0) is 31.4 Å². The molecule has 0 saturated carbocycles. The summed E-state index contributed by atoms with van der Waals surface area (Å²) in [6.07, 6.45) is 1.52. The Kier molecular flexibility index (Phi) is 5.07. The van der Waals surface area contributed by atoms with E-state index in [1.54, 1.807) is 4.68 Å². The maximum absolute atomic E-state index is 12.8. The molecular weight excluding hydrogens is 306 g/mol. The van der Waals surface area contributed by atoms with E-state index in [0.29, 0.717) is 5.56 Å². The molecule has 0 fully saturated rings. The number of carbonyl (C=O) groups excluding carboxylic acids is 1. The number of likely N-dealkylation sites (N-methyl/N-ethyl adjacent to an activating group) is 1. The summed E-state index contributed by atoms with van der Waals surface area (Å²) in [6.45, 7) is 7.45. The van der Waals surface area contributed by atoms with Gasteiger partial charge in [-0.2, -0.15) is 5.10 Å². The molecule has 2 aromatic rings. The number of nitrogens with zero attached hydrogens (tertiary/aromatic N) is 3. The van der Waals surface area contributed by atoms with Crippen molar-refractivity contribution in [2.24, 2.45) is 0 Å². The molecule has 1 aromatic heterocycles. The van der Waals surface area contributed by atoms with Gasteiger partial charge in [-0.15, -0.1) is 0 Å². The summed E-state index contributed by atoms with van der Waals surface area (Å²) in [5.74, 6) is -1.32. The SMILES string of the molecule is Cc1ccccc1-n1ncc(C(=O)N(C)C(C)C(=O)O)c1C(C)C. The summed E-state index contributed by atoms with van der Waals surface area (Å²) in [6, 6.07) is 6.91. The lowest BCUT2D eigenvalue weighted by molar-refractivity contribution is -0.141. The highest BCUT2D eigenvalue weighted by atomic mass is 16.4. The molecule has 0 radical (unpaired) electrons. The van der Waals surface area contributed by atoms with Crippen LogP contribution in [0.4, 0.5) is 0 Å². The molecule has 0 spiro atoms. The van der Waals surface area contributed by atoms with Crippen LogP contribution in [0, 0.1) is 6.92 Å². The Bertz CT molecular complexity index is 765. The second-order valence-electron chi connectivity index (χ2n) is 6.23. The number of aromatic nitrogens is 2. The zero-order chi connectivity index (χ0) is 18.0. The Morgan fingerprint density at radius 2 is 1.83 bits per heavy atom. The smallest absolute Gasteiger partial charge is 0.326 e. The van der Waals surface area contributed by atoms with Gasteiger partial charge in [-0.1, -0.05) is 32.0 Å². The van der Waals surface area contributed by atoms with Crippen LogP contribution in [0.15, 0.2) is 30.5 Å². The van der Waals surface area contributed by atoms with Crippen LogP contribution in [-0.4, -0.2) is 44.8 Å². The van der Waals surface area contributed by atoms with E-state index in [1.165, 1.54) is 25.1 Å². The van der Waals surface area contributed by atoms with Gasteiger partial charge in [0.15, 0.2) is 0 Å². The van der Waals surface area contributed by atoms with E-state index in [2.05, 4.69) is 5.10 Å². The van der Waals surface area contributed by atoms with Gasteiger partial charge in [0.25, 0.3) is 5.91 Å². The number of carbonyl (C=O) groups is 2. The Balaban J connectivity index is 2.52. The molecule has 0 aliphatic rings. The van der Waals surface area contributed by atoms with Gasteiger partial charge in [-0.25, -0.2) is 9.48 Å². The number of carboxylic acids is 1. The van der Waals surface area contributed by atoms with Gasteiger partial charge in [-0.3, -0.25) is 4.79 Å². The second-order valence-corrected chi connectivity index (χ2v) is 6.23. The van der Waals surface area contributed by atoms with E-state index in [9.17, 15) is 9.59 Å². The third kappa shape index (κ3) is 3.18. The minimum atomic E-state index is -1.04. The molecule has 1 amide bonds. The first-order chi connectivity index (χ1) is 11.3. The normalized spacial score (nSPS) is 12.2. The number of benzene rings is 1. The van der Waals surface area contributed by atoms with Crippen LogP contribution in [0.25, 0.3) is 5.69 Å². The van der Waals surface area contributed by atoms with Gasteiger partial charge in [0.1, 0.15) is 6.04 Å². The molecule has 1 aromatic carbocycles. The van der Waals surface area contributed by atoms with Crippen LogP contribution >= 0.6 is 0 Å². The third-order valence-electron chi connectivity index (χ3n) is 4.19. The van der Waals surface area contributed by atoms with Crippen LogP contribution in [0.1, 0.15) is 48.3 Å². The Morgan fingerprint density at radius 1 is 1.21 bits per heavy atom. The van der Waals surface area contributed by atoms with E-state index in [1.807, 2.05) is 45.0 Å². The average molecular weight is 329 g/mol. The molecule has 0 aliphatic carbocycles. The van der Waals surface area contributed by atoms with Crippen molar-refractivity contribution in [1.82, 2.24) is 14.7 Å². The van der Waals surface area contributed by atoms with Crippen LogP contribution in [0.3, 0.4) is 0 Å². The summed E-state index contributed by atoms with van der Waals surface area (Å²) in [4.78, 5) is 25.1. The van der Waals surface area contributed by atoms with E-state index < -0.39 is 12.0 Å². The molecule has 1 N–H and O–H groups in total. The zero-order valence-electron chi connectivity index (χ0n) is 14.6. The average Bonchev–Trinajstić information content (AvgIpc) is 2.97. The molecule has 0 saturated heterocycles. The number of carboxylic acid groups (broad SMARTS) is 1. The van der Waals surface area contributed by atoms with Crippen molar-refractivity contribution in [3.63, 3.8) is 0 Å². The molecule has 0 aliphatic heterocycles. The van der Waals surface area contributed by atoms with Gasteiger partial charge < -0.3 is 10.0 Å². The monoisotopic (exact) mass is 329 g/mol. The Labute approximate surface area is 141 Å². The summed E-state index contributed by atoms with van der Waals surface area (Å²) >= 11 is 0. The number of para-hydroxylation sites is 1. The number of rotatable bonds is 5. The van der Waals surface area contributed by atoms with Gasteiger partial charge in [0.2, 0.25) is 0 Å². The lowest BCUT2D eigenvalue weighted by Gasteiger charge is -2.22. The molecule has 128 valence electrons. The van der Waals surface area contributed by atoms with Gasteiger partial charge in [0, 0.05) is 7.05 Å². The first kappa shape index (κ1) is 17.7. The lowest BCUT2D eigenvalue weighted by atomic mass is 10.0. The molecule has 6 nitrogen and oxygen atoms in total. The van der Waals surface area contributed by atoms with Gasteiger partial charge >= 0.3 is 5.97 Å². The van der Waals surface area contributed by atoms with Crippen molar-refractivity contribution in [3.8, 4) is 5.69 Å². The van der Waals surface area contributed by atoms with Crippen molar-refractivity contribution in [1.29, 1.82) is 0 Å². The van der Waals surface area contributed by atoms with Crippen molar-refractivity contribution in [3.05, 3.63) is 47.3 Å². The maximum atomic E-state index is 12.8. The summed E-state index contributed by atoms with van der Waals surface area (Å²) in [5, 5.41) is 13.5. The summed E-state index contributed by atoms with van der Waals surface area (Å²) in [5.41, 5.74) is 3.17. The standard InChI is InChI=1S/C18H23N3O3/c1-11(2)16-14(17(22)20(5)13(4)18(23)24)10-19-21(16)15-9-7-6-8-12(15)3/h6-11,13H,1-5H3,(H,23,24). The molecule has 0 bridgehead atoms. The number of hydrogen-bond acceptors (Lipinski definition) is 3. The second kappa shape index (κ2) is 6.86. The molecule has 1 atom stereocenters. The molecule has 6 heteroatoms. The van der Waals surface area contributed by atoms with Crippen molar-refractivity contribution in [2.45, 2.75) is 39.7 Å². The fourth-order valence-corrected chi connectivity index (χ4v) is 2.60. The van der Waals surface area contributed by atoms with E-state index in [0.717, 1.165) is 16.9 Å². The highest BCUT2D eigenvalue weighted by Gasteiger charge is 2.28. The first-order valence-corrected chi connectivity index (χ1v) is 7.89. The van der Waals surface area contributed by atoms with E-state index in [4.69, 9.17) is 5.11 Å². The largest absolute Gasteiger partial charge is 0.480 e. The van der Waals surface area contributed by atoms with Crippen LogP contribution in [0.5, 0.6) is 0 Å². The van der Waals surface area contributed by atoms with Crippen molar-refractivity contribution < 1.29 is 14.7 Å². The fourth-order valence-electron chi connectivity index (χ4n) is 2.60. The number of hydrogen-bond donors (Lipinski definition) is 1. The quantitative estimate of drug-likeness (QED) is 0.915. The highest BCUT2D eigenvalue weighted by molar-refractivity contribution is 5.97. The number of amides is 1. The van der Waals surface area contributed by atoms with Crippen LogP contribution < -0.4 is 0 Å². The minimum Gasteiger partial charge on any atom is -0.480 e. The third-order valence-corrected chi connectivity index (χ3v) is 4.19. The lowest BCUT2D eigenvalue weighted by Crippen LogP contribution is -2.40. The molecule has 1 heterocycles. The Morgan fingerprint density at radius 3 is 2.38 bits per heavy atom. The zero-order valence-corrected chi connectivity index (χ0v) is 14.6. The minimum absolute atomic E-state index is 0.0552. The molecule has 24 heavy (non-hydrogen) atoms. The predicted molar refractivity (Wildman–Crippen MR) is 91.6 cm³/mol. The highest BCUT2D eigenvalue weighted by Crippen LogP contribution is 2.25. The molecule has 1 unspecified atom stereocenters. The van der Waals surface area contributed by atoms with Crippen LogP contribution in [-0.2, 0) is 4.79 Å². The number of aliphatic carboxylic acids is 1. The van der Waals surface area contributed by atoms with Gasteiger partial charge in [0.05, 0.1) is 23.1 Å². The first-order valence-electron chi connectivity index (χ1n) is 7.89. The van der Waals surface area contributed by atoms with Crippen LogP contribution in [0.2, 0.25) is 0 Å². The fraction of sp³-hybridized carbons (Fsp3) is 0.389. The maximum Gasteiger partial charge on any atom is 0.326 e. The summed E-state index contributed by atoms with van der Waals surface area (Å²) in [7, 11) is 1.50. The van der Waals surface area contributed by atoms with E-state index >= 15 is 0 Å². The molecular formula is C18H23N3O3. The van der Waals surface area contributed by atoms with Crippen molar-refractivity contribution in [2.75, 3.05) is 7.05 Å². The topological polar surface area (TPSA) is 75.4 Å².